The molecular formula is C12H22O5. The maximum absolute atomic E-state index is 10.4. The van der Waals surface area contributed by atoms with Gasteiger partial charge >= 0.3 is 5.97 Å². The van der Waals surface area contributed by atoms with Crippen LogP contribution in [0.25, 0.3) is 0 Å². The highest BCUT2D eigenvalue weighted by Gasteiger charge is 2.02. The quantitative estimate of drug-likeness (QED) is 0.417. The molecule has 0 aromatic carbocycles. The van der Waals surface area contributed by atoms with Crippen LogP contribution >= 0.6 is 0 Å². The lowest BCUT2D eigenvalue weighted by Gasteiger charge is -2.06. The van der Waals surface area contributed by atoms with Gasteiger partial charge in [-0.15, -0.1) is 0 Å². The van der Waals surface area contributed by atoms with Crippen molar-refractivity contribution < 1.29 is 24.1 Å². The third-order valence-electron chi connectivity index (χ3n) is 2.02. The molecule has 5 heteroatoms. The van der Waals surface area contributed by atoms with E-state index in [1.54, 1.807) is 0 Å². The Bertz CT molecular complexity index is 215. The van der Waals surface area contributed by atoms with Crippen LogP contribution in [0, 0.1) is 0 Å². The summed E-state index contributed by atoms with van der Waals surface area (Å²) in [7, 11) is 0. The maximum atomic E-state index is 10.4. The average Bonchev–Trinajstić information content (AvgIpc) is 2.31. The van der Waals surface area contributed by atoms with Gasteiger partial charge in [-0.2, -0.15) is 0 Å². The lowest BCUT2D eigenvalue weighted by atomic mass is 10.2. The predicted octanol–water partition coefficient (Wildman–Crippen LogP) is 1.48. The van der Waals surface area contributed by atoms with Crippen molar-refractivity contribution in [3.8, 4) is 0 Å². The first kappa shape index (κ1) is 16.1. The second-order valence-electron chi connectivity index (χ2n) is 3.43. The second-order valence-corrected chi connectivity index (χ2v) is 3.43. The van der Waals surface area contributed by atoms with Gasteiger partial charge in [-0.25, -0.2) is 4.79 Å². The van der Waals surface area contributed by atoms with E-state index < -0.39 is 5.97 Å². The van der Waals surface area contributed by atoms with Crippen LogP contribution in [-0.2, 0) is 19.0 Å². The lowest BCUT2D eigenvalue weighted by molar-refractivity contribution is -0.132. The normalized spacial score (nSPS) is 10.4. The Balaban J connectivity index is 3.08. The highest BCUT2D eigenvalue weighted by molar-refractivity contribution is 5.85. The summed E-state index contributed by atoms with van der Waals surface area (Å²) in [6.07, 6.45) is 1.13. The number of carboxylic acid groups (broad SMARTS) is 1. The third-order valence-corrected chi connectivity index (χ3v) is 2.02. The van der Waals surface area contributed by atoms with Crippen molar-refractivity contribution in [1.29, 1.82) is 0 Å². The van der Waals surface area contributed by atoms with Gasteiger partial charge in [0.05, 0.1) is 26.4 Å². The van der Waals surface area contributed by atoms with E-state index in [0.717, 1.165) is 0 Å². The highest BCUT2D eigenvalue weighted by atomic mass is 16.5. The minimum absolute atomic E-state index is 0.224. The topological polar surface area (TPSA) is 65.0 Å². The zero-order valence-electron chi connectivity index (χ0n) is 10.4. The highest BCUT2D eigenvalue weighted by Crippen LogP contribution is 2.01. The van der Waals surface area contributed by atoms with E-state index in [4.69, 9.17) is 19.3 Å². The molecule has 5 nitrogen and oxygen atoms in total. The molecule has 0 aromatic rings. The van der Waals surface area contributed by atoms with Crippen molar-refractivity contribution >= 4 is 5.97 Å². The molecule has 0 aliphatic rings. The summed E-state index contributed by atoms with van der Waals surface area (Å²) in [5.41, 5.74) is 0.224. The standard InChI is InChI=1S/C12H22O5/c1-3-15-7-8-17-10-9-16-6-4-5-11(2)12(13)14/h2-10H2,1H3,(H,13,14). The number of hydrogen-bond acceptors (Lipinski definition) is 4. The summed E-state index contributed by atoms with van der Waals surface area (Å²) < 4.78 is 15.6. The molecule has 0 atom stereocenters. The summed E-state index contributed by atoms with van der Waals surface area (Å²) in [5.74, 6) is -0.941. The van der Waals surface area contributed by atoms with Gasteiger partial charge in [0, 0.05) is 18.8 Å². The fourth-order valence-electron chi connectivity index (χ4n) is 1.08. The zero-order chi connectivity index (χ0) is 12.9. The summed E-state index contributed by atoms with van der Waals surface area (Å²) in [6.45, 7) is 8.84. The largest absolute Gasteiger partial charge is 0.478 e. The molecule has 0 bridgehead atoms. The first-order valence-corrected chi connectivity index (χ1v) is 5.82. The van der Waals surface area contributed by atoms with Gasteiger partial charge in [0.2, 0.25) is 0 Å². The number of aliphatic carboxylic acids is 1. The van der Waals surface area contributed by atoms with E-state index in [1.807, 2.05) is 6.92 Å². The van der Waals surface area contributed by atoms with Gasteiger partial charge in [-0.1, -0.05) is 6.58 Å². The van der Waals surface area contributed by atoms with Gasteiger partial charge in [-0.05, 0) is 19.8 Å². The van der Waals surface area contributed by atoms with E-state index in [-0.39, 0.29) is 5.57 Å². The van der Waals surface area contributed by atoms with Crippen molar-refractivity contribution in [2.24, 2.45) is 0 Å². The third kappa shape index (κ3) is 11.4. The van der Waals surface area contributed by atoms with E-state index in [2.05, 4.69) is 6.58 Å². The van der Waals surface area contributed by atoms with Crippen LogP contribution in [0.1, 0.15) is 19.8 Å². The van der Waals surface area contributed by atoms with Crippen molar-refractivity contribution in [3.05, 3.63) is 12.2 Å². The van der Waals surface area contributed by atoms with Gasteiger partial charge < -0.3 is 19.3 Å². The van der Waals surface area contributed by atoms with Crippen LogP contribution < -0.4 is 0 Å². The minimum atomic E-state index is -0.941. The number of carboxylic acids is 1. The Labute approximate surface area is 102 Å². The molecule has 0 aliphatic heterocycles. The molecule has 0 heterocycles. The molecule has 0 radical (unpaired) electrons. The van der Waals surface area contributed by atoms with Crippen LogP contribution in [-0.4, -0.2) is 50.7 Å². The molecule has 0 amide bonds. The van der Waals surface area contributed by atoms with Gasteiger partial charge in [0.15, 0.2) is 0 Å². The monoisotopic (exact) mass is 246 g/mol. The number of hydrogen-bond donors (Lipinski definition) is 1. The molecule has 0 aromatic heterocycles. The minimum Gasteiger partial charge on any atom is -0.478 e. The van der Waals surface area contributed by atoms with Crippen LogP contribution in [0.5, 0.6) is 0 Å². The van der Waals surface area contributed by atoms with Crippen molar-refractivity contribution in [3.63, 3.8) is 0 Å². The summed E-state index contributed by atoms with van der Waals surface area (Å²) in [5, 5.41) is 8.55. The molecule has 17 heavy (non-hydrogen) atoms. The second kappa shape index (κ2) is 11.6. The van der Waals surface area contributed by atoms with Crippen LogP contribution in [0.4, 0.5) is 0 Å². The van der Waals surface area contributed by atoms with Crippen LogP contribution in [0.15, 0.2) is 12.2 Å². The fourth-order valence-corrected chi connectivity index (χ4v) is 1.08. The Kier molecular flexibility index (Phi) is 11.0. The predicted molar refractivity (Wildman–Crippen MR) is 64.1 cm³/mol. The molecule has 1 N–H and O–H groups in total. The molecule has 0 saturated carbocycles. The summed E-state index contributed by atoms with van der Waals surface area (Å²) in [6, 6.07) is 0. The number of rotatable bonds is 12. The Morgan fingerprint density at radius 2 is 1.59 bits per heavy atom. The molecule has 0 rings (SSSR count). The zero-order valence-corrected chi connectivity index (χ0v) is 10.4. The van der Waals surface area contributed by atoms with Crippen molar-refractivity contribution in [1.82, 2.24) is 0 Å². The first-order chi connectivity index (χ1) is 8.18. The Hall–Kier alpha value is -0.910. The molecule has 0 spiro atoms. The molecule has 0 fully saturated rings. The molecule has 0 saturated heterocycles. The van der Waals surface area contributed by atoms with Crippen LogP contribution in [0.2, 0.25) is 0 Å². The fraction of sp³-hybridized carbons (Fsp3) is 0.750. The maximum Gasteiger partial charge on any atom is 0.330 e. The molecule has 0 aliphatic carbocycles. The van der Waals surface area contributed by atoms with Crippen molar-refractivity contribution in [2.45, 2.75) is 19.8 Å². The Morgan fingerprint density at radius 3 is 2.12 bits per heavy atom. The number of ether oxygens (including phenoxy) is 3. The average molecular weight is 246 g/mol. The lowest BCUT2D eigenvalue weighted by Crippen LogP contribution is -2.10. The molecule has 100 valence electrons. The van der Waals surface area contributed by atoms with E-state index in [0.29, 0.717) is 52.5 Å². The van der Waals surface area contributed by atoms with Crippen LogP contribution in [0.3, 0.4) is 0 Å². The SMILES string of the molecule is C=C(CCCOCCOCCOCC)C(=O)O. The molecule has 0 unspecified atom stereocenters. The van der Waals surface area contributed by atoms with Gasteiger partial charge in [-0.3, -0.25) is 0 Å². The van der Waals surface area contributed by atoms with Gasteiger partial charge in [0.25, 0.3) is 0 Å². The first-order valence-electron chi connectivity index (χ1n) is 5.82. The number of carbonyl (C=O) groups is 1. The van der Waals surface area contributed by atoms with Gasteiger partial charge in [0.1, 0.15) is 0 Å². The molecular weight excluding hydrogens is 224 g/mol. The van der Waals surface area contributed by atoms with E-state index in [1.165, 1.54) is 0 Å². The summed E-state index contributed by atoms with van der Waals surface area (Å²) >= 11 is 0. The summed E-state index contributed by atoms with van der Waals surface area (Å²) in [4.78, 5) is 10.4. The van der Waals surface area contributed by atoms with E-state index >= 15 is 0 Å². The Morgan fingerprint density at radius 1 is 1.06 bits per heavy atom. The van der Waals surface area contributed by atoms with E-state index in [9.17, 15) is 4.79 Å². The smallest absolute Gasteiger partial charge is 0.330 e. The van der Waals surface area contributed by atoms with Crippen molar-refractivity contribution in [2.75, 3.05) is 39.6 Å².